The molecule has 156 valence electrons. The van der Waals surface area contributed by atoms with E-state index in [0.717, 1.165) is 48.6 Å². The van der Waals surface area contributed by atoms with Gasteiger partial charge in [0, 0.05) is 13.0 Å². The predicted octanol–water partition coefficient (Wildman–Crippen LogP) is 3.87. The molecule has 2 heterocycles. The Kier molecular flexibility index (Phi) is 6.07. The molecule has 0 spiro atoms. The Morgan fingerprint density at radius 2 is 1.90 bits per heavy atom. The quantitative estimate of drug-likeness (QED) is 0.719. The van der Waals surface area contributed by atoms with Gasteiger partial charge in [-0.15, -0.1) is 0 Å². The van der Waals surface area contributed by atoms with E-state index in [1.807, 2.05) is 47.8 Å². The van der Waals surface area contributed by atoms with Crippen LogP contribution in [0.15, 0.2) is 30.3 Å². The van der Waals surface area contributed by atoms with E-state index in [1.165, 1.54) is 12.8 Å². The lowest BCUT2D eigenvalue weighted by Gasteiger charge is -2.33. The van der Waals surface area contributed by atoms with Crippen molar-refractivity contribution in [2.75, 3.05) is 13.2 Å². The molecule has 29 heavy (non-hydrogen) atoms. The highest BCUT2D eigenvalue weighted by atomic mass is 16.6. The highest BCUT2D eigenvalue weighted by Gasteiger charge is 2.30. The number of carbonyl (C=O) groups excluding carboxylic acids is 1. The van der Waals surface area contributed by atoms with E-state index in [-0.39, 0.29) is 17.9 Å². The van der Waals surface area contributed by atoms with E-state index < -0.39 is 0 Å². The van der Waals surface area contributed by atoms with Crippen molar-refractivity contribution in [1.82, 2.24) is 14.7 Å². The standard InChI is InChI=1S/C23H31N3O3/c1-17-13-19(25(2)24-17)14-26(23(27)18-9-5-3-4-6-10-18)15-20-16-28-21-11-7-8-12-22(21)29-20/h7-8,11-13,18,20H,3-6,9-10,14-16H2,1-2H3. The van der Waals surface area contributed by atoms with Gasteiger partial charge in [-0.1, -0.05) is 37.8 Å². The molecule has 1 amide bonds. The van der Waals surface area contributed by atoms with E-state index in [1.54, 1.807) is 0 Å². The van der Waals surface area contributed by atoms with Gasteiger partial charge in [0.05, 0.1) is 24.5 Å². The molecule has 2 aromatic rings. The summed E-state index contributed by atoms with van der Waals surface area (Å²) in [5.74, 6) is 1.88. The molecule has 4 rings (SSSR count). The van der Waals surface area contributed by atoms with Crippen LogP contribution in [0.4, 0.5) is 0 Å². The fraction of sp³-hybridized carbons (Fsp3) is 0.565. The number of benzene rings is 1. The van der Waals surface area contributed by atoms with Gasteiger partial charge in [-0.2, -0.15) is 5.10 Å². The molecule has 1 fully saturated rings. The maximum Gasteiger partial charge on any atom is 0.226 e. The maximum absolute atomic E-state index is 13.5. The monoisotopic (exact) mass is 397 g/mol. The van der Waals surface area contributed by atoms with Crippen LogP contribution in [-0.4, -0.2) is 39.8 Å². The topological polar surface area (TPSA) is 56.6 Å². The molecule has 1 aromatic carbocycles. The fourth-order valence-electron chi connectivity index (χ4n) is 4.42. The second kappa shape index (κ2) is 8.89. The van der Waals surface area contributed by atoms with Crippen molar-refractivity contribution in [3.63, 3.8) is 0 Å². The third-order valence-electron chi connectivity index (χ3n) is 5.96. The molecule has 1 aliphatic carbocycles. The minimum absolute atomic E-state index is 0.114. The summed E-state index contributed by atoms with van der Waals surface area (Å²) in [7, 11) is 1.94. The molecular weight excluding hydrogens is 366 g/mol. The molecule has 1 unspecified atom stereocenters. The Bertz CT molecular complexity index is 840. The van der Waals surface area contributed by atoms with E-state index >= 15 is 0 Å². The molecule has 0 saturated heterocycles. The lowest BCUT2D eigenvalue weighted by molar-refractivity contribution is -0.138. The van der Waals surface area contributed by atoms with Crippen LogP contribution in [0.2, 0.25) is 0 Å². The molecule has 6 heteroatoms. The highest BCUT2D eigenvalue weighted by molar-refractivity contribution is 5.79. The summed E-state index contributed by atoms with van der Waals surface area (Å²) in [5, 5.41) is 4.45. The lowest BCUT2D eigenvalue weighted by Crippen LogP contribution is -2.45. The Morgan fingerprint density at radius 3 is 2.59 bits per heavy atom. The third-order valence-corrected chi connectivity index (χ3v) is 5.96. The van der Waals surface area contributed by atoms with Gasteiger partial charge >= 0.3 is 0 Å². The summed E-state index contributed by atoms with van der Waals surface area (Å²) in [6.45, 7) is 3.51. The Labute approximate surface area is 172 Å². The molecule has 1 saturated carbocycles. The highest BCUT2D eigenvalue weighted by Crippen LogP contribution is 2.32. The minimum atomic E-state index is -0.172. The zero-order valence-corrected chi connectivity index (χ0v) is 17.5. The number of aryl methyl sites for hydroxylation is 2. The zero-order chi connectivity index (χ0) is 20.2. The van der Waals surface area contributed by atoms with Crippen LogP contribution in [0.5, 0.6) is 11.5 Å². The van der Waals surface area contributed by atoms with Crippen LogP contribution in [0.3, 0.4) is 0 Å². The summed E-state index contributed by atoms with van der Waals surface area (Å²) < 4.78 is 13.9. The number of para-hydroxylation sites is 2. The van der Waals surface area contributed by atoms with E-state index in [4.69, 9.17) is 9.47 Å². The first kappa shape index (κ1) is 19.8. The average Bonchev–Trinajstić information content (AvgIpc) is 2.91. The molecule has 0 N–H and O–H groups in total. The van der Waals surface area contributed by atoms with Gasteiger partial charge in [-0.05, 0) is 38.0 Å². The van der Waals surface area contributed by atoms with Gasteiger partial charge in [-0.3, -0.25) is 9.48 Å². The van der Waals surface area contributed by atoms with Gasteiger partial charge in [0.2, 0.25) is 5.91 Å². The van der Waals surface area contributed by atoms with Crippen LogP contribution in [0.1, 0.15) is 49.9 Å². The lowest BCUT2D eigenvalue weighted by atomic mass is 9.98. The SMILES string of the molecule is Cc1cc(CN(CC2COc3ccccc3O2)C(=O)C2CCCCCC2)n(C)n1. The molecule has 2 aliphatic rings. The number of ether oxygens (including phenoxy) is 2. The van der Waals surface area contributed by atoms with Crippen molar-refractivity contribution >= 4 is 5.91 Å². The smallest absolute Gasteiger partial charge is 0.226 e. The van der Waals surface area contributed by atoms with E-state index in [9.17, 15) is 4.79 Å². The first-order valence-electron chi connectivity index (χ1n) is 10.8. The largest absolute Gasteiger partial charge is 0.486 e. The van der Waals surface area contributed by atoms with Crippen molar-refractivity contribution < 1.29 is 14.3 Å². The average molecular weight is 398 g/mol. The normalized spacial score (nSPS) is 19.6. The first-order chi connectivity index (χ1) is 14.1. The van der Waals surface area contributed by atoms with Crippen LogP contribution in [0, 0.1) is 12.8 Å². The second-order valence-electron chi connectivity index (χ2n) is 8.31. The molecule has 1 aromatic heterocycles. The maximum atomic E-state index is 13.5. The van der Waals surface area contributed by atoms with Gasteiger partial charge < -0.3 is 14.4 Å². The minimum Gasteiger partial charge on any atom is -0.486 e. The van der Waals surface area contributed by atoms with Crippen molar-refractivity contribution in [1.29, 1.82) is 0 Å². The number of fused-ring (bicyclic) bond motifs is 1. The van der Waals surface area contributed by atoms with Crippen LogP contribution in [0.25, 0.3) is 0 Å². The van der Waals surface area contributed by atoms with E-state index in [2.05, 4.69) is 11.2 Å². The number of amides is 1. The van der Waals surface area contributed by atoms with Crippen LogP contribution in [-0.2, 0) is 18.4 Å². The fourth-order valence-corrected chi connectivity index (χ4v) is 4.42. The van der Waals surface area contributed by atoms with E-state index in [0.29, 0.717) is 19.7 Å². The Balaban J connectivity index is 1.51. The molecule has 6 nitrogen and oxygen atoms in total. The number of hydrogen-bond acceptors (Lipinski definition) is 4. The number of hydrogen-bond donors (Lipinski definition) is 0. The third kappa shape index (κ3) is 4.74. The number of nitrogens with zero attached hydrogens (tertiary/aromatic N) is 3. The molecular formula is C23H31N3O3. The predicted molar refractivity (Wildman–Crippen MR) is 111 cm³/mol. The van der Waals surface area contributed by atoms with Gasteiger partial charge in [0.1, 0.15) is 6.61 Å². The second-order valence-corrected chi connectivity index (χ2v) is 8.31. The zero-order valence-electron chi connectivity index (χ0n) is 17.5. The molecule has 1 atom stereocenters. The van der Waals surface area contributed by atoms with Gasteiger partial charge in [0.15, 0.2) is 17.6 Å². The Hall–Kier alpha value is -2.50. The Morgan fingerprint density at radius 1 is 1.17 bits per heavy atom. The summed E-state index contributed by atoms with van der Waals surface area (Å²) >= 11 is 0. The number of aromatic nitrogens is 2. The van der Waals surface area contributed by atoms with Crippen LogP contribution >= 0.6 is 0 Å². The van der Waals surface area contributed by atoms with Crippen molar-refractivity contribution in [3.05, 3.63) is 41.7 Å². The summed E-state index contributed by atoms with van der Waals surface area (Å²) in [6, 6.07) is 9.77. The summed E-state index contributed by atoms with van der Waals surface area (Å²) in [6.07, 6.45) is 6.57. The van der Waals surface area contributed by atoms with Crippen molar-refractivity contribution in [3.8, 4) is 11.5 Å². The molecule has 1 aliphatic heterocycles. The number of carbonyl (C=O) groups is 1. The van der Waals surface area contributed by atoms with Crippen molar-refractivity contribution in [2.24, 2.45) is 13.0 Å². The van der Waals surface area contributed by atoms with Crippen LogP contribution < -0.4 is 9.47 Å². The molecule has 0 bridgehead atoms. The van der Waals surface area contributed by atoms with Gasteiger partial charge in [0.25, 0.3) is 0 Å². The van der Waals surface area contributed by atoms with Gasteiger partial charge in [-0.25, -0.2) is 0 Å². The summed E-state index contributed by atoms with van der Waals surface area (Å²) in [4.78, 5) is 15.5. The summed E-state index contributed by atoms with van der Waals surface area (Å²) in [5.41, 5.74) is 2.01. The molecule has 0 radical (unpaired) electrons. The number of rotatable bonds is 5. The first-order valence-corrected chi connectivity index (χ1v) is 10.8. The van der Waals surface area contributed by atoms with Crippen molar-refractivity contribution in [2.45, 2.75) is 58.1 Å².